The number of carbonyl (C=O) groups is 1. The molecule has 1 atom stereocenters. The van der Waals surface area contributed by atoms with Crippen molar-refractivity contribution in [2.45, 2.75) is 51.5 Å². The Labute approximate surface area is 167 Å². The van der Waals surface area contributed by atoms with E-state index < -0.39 is 22.0 Å². The van der Waals surface area contributed by atoms with Crippen molar-refractivity contribution >= 4 is 21.6 Å². The van der Waals surface area contributed by atoms with Crippen molar-refractivity contribution < 1.29 is 17.9 Å². The number of benzene rings is 2. The number of anilines is 1. The fourth-order valence-corrected chi connectivity index (χ4v) is 4.43. The summed E-state index contributed by atoms with van der Waals surface area (Å²) in [7, 11) is -2.52. The van der Waals surface area contributed by atoms with Gasteiger partial charge >= 0.3 is 0 Å². The highest BCUT2D eigenvalue weighted by atomic mass is 32.2. The van der Waals surface area contributed by atoms with Crippen molar-refractivity contribution in [2.24, 2.45) is 0 Å². The number of amides is 1. The van der Waals surface area contributed by atoms with Gasteiger partial charge < -0.3 is 10.1 Å². The Morgan fingerprint density at radius 2 is 1.71 bits per heavy atom. The Hall–Kier alpha value is -2.38. The van der Waals surface area contributed by atoms with Crippen LogP contribution < -0.4 is 14.8 Å². The highest BCUT2D eigenvalue weighted by molar-refractivity contribution is 7.89. The van der Waals surface area contributed by atoms with E-state index in [9.17, 15) is 13.2 Å². The lowest BCUT2D eigenvalue weighted by molar-refractivity contribution is -0.117. The molecule has 2 N–H and O–H groups in total. The maximum atomic E-state index is 12.8. The van der Waals surface area contributed by atoms with E-state index in [-0.39, 0.29) is 10.6 Å². The molecule has 0 heterocycles. The first-order valence-electron chi connectivity index (χ1n) is 9.32. The maximum absolute atomic E-state index is 12.8. The van der Waals surface area contributed by atoms with Crippen molar-refractivity contribution in [3.63, 3.8) is 0 Å². The first-order chi connectivity index (χ1) is 13.2. The molecular formula is C21H28N2O4S. The average Bonchev–Trinajstić information content (AvgIpc) is 2.67. The number of rotatable bonds is 8. The van der Waals surface area contributed by atoms with Gasteiger partial charge in [-0.25, -0.2) is 8.42 Å². The van der Waals surface area contributed by atoms with Gasteiger partial charge in [-0.2, -0.15) is 4.72 Å². The lowest BCUT2D eigenvalue weighted by Crippen LogP contribution is -2.41. The van der Waals surface area contributed by atoms with E-state index in [1.807, 2.05) is 32.0 Å². The molecule has 0 radical (unpaired) electrons. The van der Waals surface area contributed by atoms with Crippen LogP contribution in [0, 0.1) is 6.92 Å². The number of hydrogen-bond donors (Lipinski definition) is 2. The minimum absolute atomic E-state index is 0.0119. The molecule has 0 aliphatic rings. The lowest BCUT2D eigenvalue weighted by atomic mass is 10.0. The molecule has 0 unspecified atom stereocenters. The predicted octanol–water partition coefficient (Wildman–Crippen LogP) is 3.43. The molecule has 2 aromatic carbocycles. The van der Waals surface area contributed by atoms with Gasteiger partial charge in [0.2, 0.25) is 15.9 Å². The molecule has 0 bridgehead atoms. The molecular weight excluding hydrogens is 376 g/mol. The Kier molecular flexibility index (Phi) is 7.21. The van der Waals surface area contributed by atoms with E-state index in [4.69, 9.17) is 4.74 Å². The van der Waals surface area contributed by atoms with Gasteiger partial charge in [0.15, 0.2) is 0 Å². The molecule has 28 heavy (non-hydrogen) atoms. The zero-order chi connectivity index (χ0) is 20.9. The Morgan fingerprint density at radius 1 is 1.11 bits per heavy atom. The predicted molar refractivity (Wildman–Crippen MR) is 111 cm³/mol. The van der Waals surface area contributed by atoms with Crippen LogP contribution in [-0.4, -0.2) is 27.5 Å². The second kappa shape index (κ2) is 9.21. The highest BCUT2D eigenvalue weighted by Crippen LogP contribution is 2.25. The largest absolute Gasteiger partial charge is 0.495 e. The zero-order valence-corrected chi connectivity index (χ0v) is 17.8. The van der Waals surface area contributed by atoms with Crippen LogP contribution in [-0.2, 0) is 27.7 Å². The Balaban J connectivity index is 2.25. The quantitative estimate of drug-likeness (QED) is 0.706. The van der Waals surface area contributed by atoms with Crippen LogP contribution in [0.25, 0.3) is 0 Å². The van der Waals surface area contributed by atoms with Gasteiger partial charge in [0.05, 0.1) is 13.2 Å². The van der Waals surface area contributed by atoms with Gasteiger partial charge in [-0.05, 0) is 55.5 Å². The van der Waals surface area contributed by atoms with Crippen LogP contribution in [0.3, 0.4) is 0 Å². The summed E-state index contributed by atoms with van der Waals surface area (Å²) in [6.07, 6.45) is 1.54. The number of carbonyl (C=O) groups excluding carboxylic acids is 1. The summed E-state index contributed by atoms with van der Waals surface area (Å²) in [5.41, 5.74) is 3.57. The van der Waals surface area contributed by atoms with Crippen LogP contribution >= 0.6 is 0 Å². The molecule has 2 aromatic rings. The topological polar surface area (TPSA) is 84.5 Å². The Morgan fingerprint density at radius 3 is 2.25 bits per heavy atom. The second-order valence-electron chi connectivity index (χ2n) is 6.64. The average molecular weight is 405 g/mol. The third-order valence-electron chi connectivity index (χ3n) is 4.58. The molecule has 0 spiro atoms. The zero-order valence-electron chi connectivity index (χ0n) is 17.0. The molecule has 0 aliphatic carbocycles. The standard InChI is InChI=1S/C21H28N2O4S/c1-6-16-9-8-10-17(7-2)20(16)22-21(24)15(4)23-28(25,26)19-13-14(3)11-12-18(19)27-5/h8-13,15,23H,6-7H2,1-5H3,(H,22,24)/t15-/m0/s1. The second-order valence-corrected chi connectivity index (χ2v) is 8.33. The fraction of sp³-hybridized carbons (Fsp3) is 0.381. The van der Waals surface area contributed by atoms with Crippen LogP contribution in [0.1, 0.15) is 37.5 Å². The first-order valence-corrected chi connectivity index (χ1v) is 10.8. The van der Waals surface area contributed by atoms with E-state index in [1.54, 1.807) is 19.1 Å². The normalized spacial score (nSPS) is 12.5. The van der Waals surface area contributed by atoms with Crippen molar-refractivity contribution in [2.75, 3.05) is 12.4 Å². The van der Waals surface area contributed by atoms with Crippen molar-refractivity contribution in [3.05, 3.63) is 53.1 Å². The van der Waals surface area contributed by atoms with Gasteiger partial charge in [0, 0.05) is 5.69 Å². The van der Waals surface area contributed by atoms with Gasteiger partial charge in [-0.1, -0.05) is 38.1 Å². The van der Waals surface area contributed by atoms with E-state index in [0.717, 1.165) is 35.2 Å². The summed E-state index contributed by atoms with van der Waals surface area (Å²) in [6, 6.07) is 9.81. The van der Waals surface area contributed by atoms with E-state index in [0.29, 0.717) is 0 Å². The van der Waals surface area contributed by atoms with Gasteiger partial charge in [-0.15, -0.1) is 0 Å². The smallest absolute Gasteiger partial charge is 0.244 e. The number of hydrogen-bond acceptors (Lipinski definition) is 4. The Bertz CT molecular complexity index is 933. The van der Waals surface area contributed by atoms with Crippen molar-refractivity contribution in [1.82, 2.24) is 4.72 Å². The van der Waals surface area contributed by atoms with Crippen LogP contribution in [0.4, 0.5) is 5.69 Å². The number of sulfonamides is 1. The van der Waals surface area contributed by atoms with Crippen LogP contribution in [0.15, 0.2) is 41.3 Å². The van der Waals surface area contributed by atoms with Gasteiger partial charge in [-0.3, -0.25) is 4.79 Å². The SMILES string of the molecule is CCc1cccc(CC)c1NC(=O)[C@H](C)NS(=O)(=O)c1cc(C)ccc1OC. The third kappa shape index (κ3) is 4.91. The van der Waals surface area contributed by atoms with E-state index in [1.165, 1.54) is 20.1 Å². The molecule has 6 nitrogen and oxygen atoms in total. The molecule has 0 aliphatic heterocycles. The highest BCUT2D eigenvalue weighted by Gasteiger charge is 2.26. The number of nitrogens with one attached hydrogen (secondary N) is 2. The molecule has 7 heteroatoms. The molecule has 0 saturated heterocycles. The molecule has 2 rings (SSSR count). The fourth-order valence-electron chi connectivity index (χ4n) is 2.98. The van der Waals surface area contributed by atoms with Gasteiger partial charge in [0.25, 0.3) is 0 Å². The lowest BCUT2D eigenvalue weighted by Gasteiger charge is -2.19. The molecule has 1 amide bonds. The number of aryl methyl sites for hydroxylation is 3. The summed E-state index contributed by atoms with van der Waals surface area (Å²) in [5.74, 6) is -0.180. The molecule has 0 aromatic heterocycles. The number of methoxy groups -OCH3 is 1. The minimum Gasteiger partial charge on any atom is -0.495 e. The summed E-state index contributed by atoms with van der Waals surface area (Å²) < 4.78 is 33.2. The summed E-state index contributed by atoms with van der Waals surface area (Å²) in [4.78, 5) is 12.7. The summed E-state index contributed by atoms with van der Waals surface area (Å²) in [5, 5.41) is 2.90. The number of para-hydroxylation sites is 1. The molecule has 0 saturated carbocycles. The molecule has 152 valence electrons. The van der Waals surface area contributed by atoms with Crippen LogP contribution in [0.5, 0.6) is 5.75 Å². The third-order valence-corrected chi connectivity index (χ3v) is 6.14. The summed E-state index contributed by atoms with van der Waals surface area (Å²) >= 11 is 0. The van der Waals surface area contributed by atoms with E-state index in [2.05, 4.69) is 10.0 Å². The summed E-state index contributed by atoms with van der Waals surface area (Å²) in [6.45, 7) is 7.35. The first kappa shape index (κ1) is 21.9. The van der Waals surface area contributed by atoms with Crippen molar-refractivity contribution in [1.29, 1.82) is 0 Å². The van der Waals surface area contributed by atoms with Gasteiger partial charge in [0.1, 0.15) is 10.6 Å². The van der Waals surface area contributed by atoms with E-state index >= 15 is 0 Å². The van der Waals surface area contributed by atoms with Crippen LogP contribution in [0.2, 0.25) is 0 Å². The maximum Gasteiger partial charge on any atom is 0.244 e. The number of ether oxygens (including phenoxy) is 1. The minimum atomic E-state index is -3.93. The molecule has 0 fully saturated rings. The monoisotopic (exact) mass is 404 g/mol. The van der Waals surface area contributed by atoms with Crippen molar-refractivity contribution in [3.8, 4) is 5.75 Å².